The quantitative estimate of drug-likeness (QED) is 0.814. The number of nitrogen functional groups attached to an aromatic ring is 1. The number of hydrogen-bond acceptors (Lipinski definition) is 2. The fourth-order valence-corrected chi connectivity index (χ4v) is 1.98. The van der Waals surface area contributed by atoms with Gasteiger partial charge in [0.2, 0.25) is 0 Å². The van der Waals surface area contributed by atoms with Crippen LogP contribution in [0.15, 0.2) is 40.9 Å². The molecule has 0 aliphatic carbocycles. The minimum atomic E-state index is -0.356. The van der Waals surface area contributed by atoms with Crippen molar-refractivity contribution in [3.63, 3.8) is 0 Å². The zero-order valence-electron chi connectivity index (χ0n) is 8.74. The van der Waals surface area contributed by atoms with Crippen LogP contribution in [0.4, 0.5) is 10.1 Å². The fourth-order valence-electron chi connectivity index (χ4n) is 1.55. The van der Waals surface area contributed by atoms with E-state index >= 15 is 0 Å². The first-order valence-electron chi connectivity index (χ1n) is 4.87. The second-order valence-electron chi connectivity index (χ2n) is 3.54. The molecule has 0 bridgehead atoms. The third-order valence-corrected chi connectivity index (χ3v) is 3.08. The Morgan fingerprint density at radius 2 is 1.82 bits per heavy atom. The molecule has 0 radical (unpaired) electrons. The molecule has 17 heavy (non-hydrogen) atoms. The SMILES string of the molecule is N#Cc1ccc(-c2cc(F)cc(Br)c2N)cc1. The molecule has 0 aromatic heterocycles. The summed E-state index contributed by atoms with van der Waals surface area (Å²) in [5.74, 6) is -0.356. The molecule has 0 saturated heterocycles. The number of benzene rings is 2. The monoisotopic (exact) mass is 290 g/mol. The zero-order chi connectivity index (χ0) is 12.4. The largest absolute Gasteiger partial charge is 0.397 e. The number of rotatable bonds is 1. The first-order chi connectivity index (χ1) is 8.11. The lowest BCUT2D eigenvalue weighted by Crippen LogP contribution is -1.93. The molecular weight excluding hydrogens is 283 g/mol. The van der Waals surface area contributed by atoms with Crippen molar-refractivity contribution in [1.29, 1.82) is 5.26 Å². The second kappa shape index (κ2) is 4.56. The predicted molar refractivity (Wildman–Crippen MR) is 68.7 cm³/mol. The van der Waals surface area contributed by atoms with Crippen molar-refractivity contribution >= 4 is 21.6 Å². The zero-order valence-corrected chi connectivity index (χ0v) is 10.3. The second-order valence-corrected chi connectivity index (χ2v) is 4.39. The normalized spacial score (nSPS) is 9.94. The van der Waals surface area contributed by atoms with Crippen molar-refractivity contribution < 1.29 is 4.39 Å². The Kier molecular flexibility index (Phi) is 3.12. The average Bonchev–Trinajstić information content (AvgIpc) is 2.34. The van der Waals surface area contributed by atoms with Gasteiger partial charge in [-0.3, -0.25) is 0 Å². The molecule has 2 rings (SSSR count). The van der Waals surface area contributed by atoms with E-state index < -0.39 is 0 Å². The Morgan fingerprint density at radius 3 is 2.41 bits per heavy atom. The highest BCUT2D eigenvalue weighted by Gasteiger charge is 2.08. The molecule has 0 unspecified atom stereocenters. The fraction of sp³-hybridized carbons (Fsp3) is 0. The maximum absolute atomic E-state index is 13.3. The minimum absolute atomic E-state index is 0.356. The van der Waals surface area contributed by atoms with Crippen molar-refractivity contribution in [1.82, 2.24) is 0 Å². The number of nitrogens with two attached hydrogens (primary N) is 1. The summed E-state index contributed by atoms with van der Waals surface area (Å²) in [5.41, 5.74) is 8.31. The van der Waals surface area contributed by atoms with Gasteiger partial charge >= 0.3 is 0 Å². The minimum Gasteiger partial charge on any atom is -0.397 e. The smallest absolute Gasteiger partial charge is 0.125 e. The lowest BCUT2D eigenvalue weighted by atomic mass is 10.0. The number of halogens is 2. The van der Waals surface area contributed by atoms with Crippen molar-refractivity contribution in [2.45, 2.75) is 0 Å². The highest BCUT2D eigenvalue weighted by molar-refractivity contribution is 9.10. The van der Waals surface area contributed by atoms with Crippen molar-refractivity contribution in [2.24, 2.45) is 0 Å². The molecule has 0 aliphatic heterocycles. The van der Waals surface area contributed by atoms with Crippen molar-refractivity contribution in [3.8, 4) is 17.2 Å². The molecular formula is C13H8BrFN2. The summed E-state index contributed by atoms with van der Waals surface area (Å²) in [4.78, 5) is 0. The first kappa shape index (κ1) is 11.6. The van der Waals surface area contributed by atoms with Gasteiger partial charge in [0.25, 0.3) is 0 Å². The van der Waals surface area contributed by atoms with Crippen LogP contribution >= 0.6 is 15.9 Å². The highest BCUT2D eigenvalue weighted by atomic mass is 79.9. The van der Waals surface area contributed by atoms with Gasteiger partial charge in [-0.2, -0.15) is 5.26 Å². The molecule has 0 aliphatic rings. The Bertz CT molecular complexity index is 600. The molecule has 0 amide bonds. The van der Waals surface area contributed by atoms with Crippen LogP contribution in [-0.2, 0) is 0 Å². The van der Waals surface area contributed by atoms with Crippen LogP contribution in [0.5, 0.6) is 0 Å². The van der Waals surface area contributed by atoms with Crippen LogP contribution in [0.3, 0.4) is 0 Å². The van der Waals surface area contributed by atoms with Gasteiger partial charge in [0, 0.05) is 10.0 Å². The van der Waals surface area contributed by atoms with Crippen molar-refractivity contribution in [2.75, 3.05) is 5.73 Å². The van der Waals surface area contributed by atoms with E-state index in [1.165, 1.54) is 12.1 Å². The van der Waals surface area contributed by atoms with Gasteiger partial charge in [0.05, 0.1) is 17.3 Å². The summed E-state index contributed by atoms with van der Waals surface area (Å²) >= 11 is 3.20. The first-order valence-corrected chi connectivity index (χ1v) is 5.66. The predicted octanol–water partition coefficient (Wildman–Crippen LogP) is 3.71. The summed E-state index contributed by atoms with van der Waals surface area (Å²) in [6, 6.07) is 11.6. The number of nitriles is 1. The van der Waals surface area contributed by atoms with E-state index in [4.69, 9.17) is 11.0 Å². The molecule has 84 valence electrons. The van der Waals surface area contributed by atoms with E-state index in [1.54, 1.807) is 24.3 Å². The molecule has 2 nitrogen and oxygen atoms in total. The maximum atomic E-state index is 13.3. The molecule has 2 aromatic carbocycles. The van der Waals surface area contributed by atoms with Gasteiger partial charge < -0.3 is 5.73 Å². The molecule has 2 N–H and O–H groups in total. The summed E-state index contributed by atoms with van der Waals surface area (Å²) < 4.78 is 13.8. The van der Waals surface area contributed by atoms with E-state index in [0.717, 1.165) is 5.56 Å². The third kappa shape index (κ3) is 2.29. The Morgan fingerprint density at radius 1 is 1.18 bits per heavy atom. The summed E-state index contributed by atoms with van der Waals surface area (Å²) in [5, 5.41) is 8.70. The highest BCUT2D eigenvalue weighted by Crippen LogP contribution is 2.32. The summed E-state index contributed by atoms with van der Waals surface area (Å²) in [7, 11) is 0. The van der Waals surface area contributed by atoms with Crippen LogP contribution in [0.1, 0.15) is 5.56 Å². The van der Waals surface area contributed by atoms with Crippen LogP contribution in [0, 0.1) is 17.1 Å². The van der Waals surface area contributed by atoms with Crippen LogP contribution < -0.4 is 5.73 Å². The summed E-state index contributed by atoms with van der Waals surface area (Å²) in [6.07, 6.45) is 0. The lowest BCUT2D eigenvalue weighted by Gasteiger charge is -2.08. The van der Waals surface area contributed by atoms with E-state index in [9.17, 15) is 4.39 Å². The molecule has 0 saturated carbocycles. The van der Waals surface area contributed by atoms with Crippen LogP contribution in [0.25, 0.3) is 11.1 Å². The van der Waals surface area contributed by atoms with Crippen LogP contribution in [-0.4, -0.2) is 0 Å². The average molecular weight is 291 g/mol. The lowest BCUT2D eigenvalue weighted by molar-refractivity contribution is 0.627. The number of hydrogen-bond donors (Lipinski definition) is 1. The molecule has 0 heterocycles. The standard InChI is InChI=1S/C13H8BrFN2/c14-12-6-10(15)5-11(13(12)17)9-3-1-8(7-16)2-4-9/h1-6H,17H2. The number of anilines is 1. The number of nitrogens with zero attached hydrogens (tertiary/aromatic N) is 1. The molecule has 0 spiro atoms. The molecule has 0 fully saturated rings. The molecule has 0 atom stereocenters. The van der Waals surface area contributed by atoms with E-state index in [2.05, 4.69) is 15.9 Å². The van der Waals surface area contributed by atoms with E-state index in [-0.39, 0.29) is 5.82 Å². The molecule has 2 aromatic rings. The third-order valence-electron chi connectivity index (χ3n) is 2.42. The van der Waals surface area contributed by atoms with Gasteiger partial charge in [-0.05, 0) is 45.8 Å². The van der Waals surface area contributed by atoms with Gasteiger partial charge in [-0.1, -0.05) is 12.1 Å². The van der Waals surface area contributed by atoms with E-state index in [1.807, 2.05) is 6.07 Å². The van der Waals surface area contributed by atoms with Crippen LogP contribution in [0.2, 0.25) is 0 Å². The molecule has 4 heteroatoms. The Hall–Kier alpha value is -1.86. The van der Waals surface area contributed by atoms with E-state index in [0.29, 0.717) is 21.3 Å². The Balaban J connectivity index is 2.56. The summed E-state index contributed by atoms with van der Waals surface area (Å²) in [6.45, 7) is 0. The van der Waals surface area contributed by atoms with Gasteiger partial charge in [0.15, 0.2) is 0 Å². The van der Waals surface area contributed by atoms with Gasteiger partial charge in [0.1, 0.15) is 5.82 Å². The topological polar surface area (TPSA) is 49.8 Å². The van der Waals surface area contributed by atoms with Gasteiger partial charge in [-0.25, -0.2) is 4.39 Å². The Labute approximate surface area is 107 Å². The van der Waals surface area contributed by atoms with Crippen molar-refractivity contribution in [3.05, 3.63) is 52.3 Å². The van der Waals surface area contributed by atoms with Gasteiger partial charge in [-0.15, -0.1) is 0 Å². The maximum Gasteiger partial charge on any atom is 0.125 e.